The Morgan fingerprint density at radius 2 is 2.00 bits per heavy atom. The summed E-state index contributed by atoms with van der Waals surface area (Å²) in [7, 11) is 1.57. The van der Waals surface area contributed by atoms with Crippen molar-refractivity contribution in [3.8, 4) is 11.3 Å². The lowest BCUT2D eigenvalue weighted by Crippen LogP contribution is -2.28. The quantitative estimate of drug-likeness (QED) is 0.909. The predicted molar refractivity (Wildman–Crippen MR) is 81.2 cm³/mol. The zero-order chi connectivity index (χ0) is 15.4. The van der Waals surface area contributed by atoms with Crippen molar-refractivity contribution in [2.75, 3.05) is 13.7 Å². The van der Waals surface area contributed by atoms with Gasteiger partial charge in [0, 0.05) is 18.2 Å². The molecule has 1 heterocycles. The summed E-state index contributed by atoms with van der Waals surface area (Å²) < 4.78 is 6.34. The molecule has 1 aromatic heterocycles. The van der Waals surface area contributed by atoms with Crippen LogP contribution in [0.2, 0.25) is 0 Å². The summed E-state index contributed by atoms with van der Waals surface area (Å²) >= 11 is 0. The molecule has 1 N–H and O–H groups in total. The van der Waals surface area contributed by atoms with E-state index in [1.807, 2.05) is 32.0 Å². The Labute approximate surface area is 123 Å². The average Bonchev–Trinajstić information content (AvgIpc) is 2.49. The molecule has 0 amide bonds. The van der Waals surface area contributed by atoms with Gasteiger partial charge in [0.05, 0.1) is 25.5 Å². The third-order valence-corrected chi connectivity index (χ3v) is 3.53. The fourth-order valence-corrected chi connectivity index (χ4v) is 2.08. The van der Waals surface area contributed by atoms with Crippen LogP contribution in [0.1, 0.15) is 16.7 Å². The van der Waals surface area contributed by atoms with Gasteiger partial charge in [-0.15, -0.1) is 0 Å². The van der Waals surface area contributed by atoms with Crippen molar-refractivity contribution in [1.82, 2.24) is 9.78 Å². The molecule has 0 radical (unpaired) electrons. The van der Waals surface area contributed by atoms with Crippen LogP contribution < -0.4 is 5.56 Å². The van der Waals surface area contributed by atoms with E-state index in [1.54, 1.807) is 13.2 Å². The Morgan fingerprint density at radius 3 is 2.62 bits per heavy atom. The van der Waals surface area contributed by atoms with Gasteiger partial charge in [-0.2, -0.15) is 5.10 Å². The van der Waals surface area contributed by atoms with E-state index in [0.717, 1.165) is 11.1 Å². The Bertz CT molecular complexity index is 692. The van der Waals surface area contributed by atoms with E-state index in [4.69, 9.17) is 4.74 Å². The van der Waals surface area contributed by atoms with E-state index in [0.29, 0.717) is 24.4 Å². The number of hydrogen-bond donors (Lipinski definition) is 1. The predicted octanol–water partition coefficient (Wildman–Crippen LogP) is 1.67. The van der Waals surface area contributed by atoms with Crippen LogP contribution in [0.4, 0.5) is 0 Å². The number of methoxy groups -OCH3 is 1. The average molecular weight is 288 g/mol. The summed E-state index contributed by atoms with van der Waals surface area (Å²) in [6, 6.07) is 7.67. The highest BCUT2D eigenvalue weighted by atomic mass is 16.5. The van der Waals surface area contributed by atoms with Gasteiger partial charge in [-0.25, -0.2) is 4.68 Å². The monoisotopic (exact) mass is 288 g/mol. The number of aromatic nitrogens is 2. The van der Waals surface area contributed by atoms with Gasteiger partial charge in [0.2, 0.25) is 0 Å². The second-order valence-electron chi connectivity index (χ2n) is 5.03. The van der Waals surface area contributed by atoms with Crippen LogP contribution in [0.15, 0.2) is 29.1 Å². The second kappa shape index (κ2) is 6.65. The highest BCUT2D eigenvalue weighted by molar-refractivity contribution is 5.61. The highest BCUT2D eigenvalue weighted by Gasteiger charge is 2.10. The minimum atomic E-state index is -0.299. The molecule has 0 saturated heterocycles. The first-order valence-corrected chi connectivity index (χ1v) is 6.85. The number of rotatable bonds is 5. The molecule has 2 rings (SSSR count). The molecule has 112 valence electrons. The molecule has 0 atom stereocenters. The number of hydrogen-bond acceptors (Lipinski definition) is 4. The van der Waals surface area contributed by atoms with E-state index in [-0.39, 0.29) is 12.2 Å². The molecule has 0 bridgehead atoms. The number of aryl methyl sites for hydroxylation is 2. The fraction of sp³-hybridized carbons (Fsp3) is 0.375. The Hall–Kier alpha value is -1.98. The van der Waals surface area contributed by atoms with Gasteiger partial charge in [-0.3, -0.25) is 4.79 Å². The van der Waals surface area contributed by atoms with E-state index in [1.165, 1.54) is 10.2 Å². The van der Waals surface area contributed by atoms with Crippen molar-refractivity contribution in [1.29, 1.82) is 0 Å². The third-order valence-electron chi connectivity index (χ3n) is 3.53. The van der Waals surface area contributed by atoms with E-state index < -0.39 is 0 Å². The van der Waals surface area contributed by atoms with Gasteiger partial charge in [0.1, 0.15) is 0 Å². The van der Waals surface area contributed by atoms with Crippen molar-refractivity contribution >= 4 is 0 Å². The molecule has 21 heavy (non-hydrogen) atoms. The Balaban J connectivity index is 2.52. The third kappa shape index (κ3) is 3.37. The minimum Gasteiger partial charge on any atom is -0.391 e. The molecule has 0 aliphatic heterocycles. The molecule has 0 aliphatic carbocycles. The summed E-state index contributed by atoms with van der Waals surface area (Å²) in [6.07, 6.45) is 0. The molecule has 5 nitrogen and oxygen atoms in total. The largest absolute Gasteiger partial charge is 0.391 e. The van der Waals surface area contributed by atoms with E-state index in [9.17, 15) is 9.90 Å². The maximum atomic E-state index is 12.1. The summed E-state index contributed by atoms with van der Waals surface area (Å²) in [4.78, 5) is 12.1. The molecule has 0 saturated carbocycles. The topological polar surface area (TPSA) is 64.3 Å². The minimum absolute atomic E-state index is 0.276. The van der Waals surface area contributed by atoms with Gasteiger partial charge in [-0.1, -0.05) is 12.1 Å². The molecule has 5 heteroatoms. The zero-order valence-electron chi connectivity index (χ0n) is 12.6. The first kappa shape index (κ1) is 15.4. The summed E-state index contributed by atoms with van der Waals surface area (Å²) in [6.45, 7) is 4.54. The maximum Gasteiger partial charge on any atom is 0.272 e. The number of aliphatic hydroxyl groups excluding tert-OH is 1. The van der Waals surface area contributed by atoms with Gasteiger partial charge in [0.15, 0.2) is 0 Å². The lowest BCUT2D eigenvalue weighted by Gasteiger charge is -2.10. The number of ether oxygens (including phenoxy) is 1. The van der Waals surface area contributed by atoms with Crippen LogP contribution in [0.3, 0.4) is 0 Å². The van der Waals surface area contributed by atoms with E-state index >= 15 is 0 Å². The summed E-state index contributed by atoms with van der Waals surface area (Å²) in [5.74, 6) is 0. The molecule has 1 aromatic carbocycles. The highest BCUT2D eigenvalue weighted by Crippen LogP contribution is 2.20. The Kier molecular flexibility index (Phi) is 4.88. The van der Waals surface area contributed by atoms with Crippen LogP contribution in [-0.4, -0.2) is 28.6 Å². The second-order valence-corrected chi connectivity index (χ2v) is 5.03. The van der Waals surface area contributed by atoms with Gasteiger partial charge >= 0.3 is 0 Å². The van der Waals surface area contributed by atoms with Gasteiger partial charge in [0.25, 0.3) is 5.56 Å². The standard InChI is InChI=1S/C16H20N2O3/c1-11-4-5-13(8-12(11)2)15-9-14(10-19)16(20)18(17-15)6-7-21-3/h4-5,8-9,19H,6-7,10H2,1-3H3. The lowest BCUT2D eigenvalue weighted by atomic mass is 10.0. The van der Waals surface area contributed by atoms with Crippen LogP contribution in [0, 0.1) is 13.8 Å². The molecule has 0 unspecified atom stereocenters. The first-order valence-electron chi connectivity index (χ1n) is 6.85. The Morgan fingerprint density at radius 1 is 1.24 bits per heavy atom. The van der Waals surface area contributed by atoms with Crippen LogP contribution in [0.25, 0.3) is 11.3 Å². The van der Waals surface area contributed by atoms with Gasteiger partial charge < -0.3 is 9.84 Å². The van der Waals surface area contributed by atoms with E-state index in [2.05, 4.69) is 5.10 Å². The van der Waals surface area contributed by atoms with Crippen molar-refractivity contribution < 1.29 is 9.84 Å². The van der Waals surface area contributed by atoms with Crippen LogP contribution in [-0.2, 0) is 17.9 Å². The molecule has 0 fully saturated rings. The number of aliphatic hydroxyl groups is 1. The van der Waals surface area contributed by atoms with Crippen molar-refractivity contribution in [2.24, 2.45) is 0 Å². The summed E-state index contributed by atoms with van der Waals surface area (Å²) in [5.41, 5.74) is 4.04. The van der Waals surface area contributed by atoms with Gasteiger partial charge in [-0.05, 0) is 37.1 Å². The number of benzene rings is 1. The normalized spacial score (nSPS) is 10.9. The van der Waals surface area contributed by atoms with Crippen LogP contribution >= 0.6 is 0 Å². The molecular weight excluding hydrogens is 268 g/mol. The smallest absolute Gasteiger partial charge is 0.272 e. The maximum absolute atomic E-state index is 12.1. The molecule has 0 aliphatic rings. The van der Waals surface area contributed by atoms with Crippen LogP contribution in [0.5, 0.6) is 0 Å². The van der Waals surface area contributed by atoms with Crippen molar-refractivity contribution in [3.05, 3.63) is 51.3 Å². The lowest BCUT2D eigenvalue weighted by molar-refractivity contribution is 0.181. The number of nitrogens with zero attached hydrogens (tertiary/aromatic N) is 2. The molecule has 2 aromatic rings. The summed E-state index contributed by atoms with van der Waals surface area (Å²) in [5, 5.41) is 13.7. The van der Waals surface area contributed by atoms with Crippen molar-refractivity contribution in [3.63, 3.8) is 0 Å². The first-order chi connectivity index (χ1) is 10.1. The van der Waals surface area contributed by atoms with Crippen molar-refractivity contribution in [2.45, 2.75) is 27.0 Å². The SMILES string of the molecule is COCCn1nc(-c2ccc(C)c(C)c2)cc(CO)c1=O. The molecular formula is C16H20N2O3. The molecule has 0 spiro atoms. The fourth-order valence-electron chi connectivity index (χ4n) is 2.08. The zero-order valence-corrected chi connectivity index (χ0v) is 12.6.